The maximum atomic E-state index is 9.67. The van der Waals surface area contributed by atoms with Gasteiger partial charge in [0.25, 0.3) is 0 Å². The summed E-state index contributed by atoms with van der Waals surface area (Å²) in [6, 6.07) is 15.5. The standard InChI is InChI=1S/C22H20N2O3S/c1-4-27-18-7-5-15(6-8-18)20-14-28-22(24-20)17(13-23)11-16-12-19(25-2)9-10-21(16)26-3/h5-12,14H,4H2,1-3H3. The Morgan fingerprint density at radius 1 is 1.11 bits per heavy atom. The average Bonchev–Trinajstić information content (AvgIpc) is 3.22. The highest BCUT2D eigenvalue weighted by atomic mass is 32.1. The molecule has 6 heteroatoms. The van der Waals surface area contributed by atoms with Crippen molar-refractivity contribution in [3.8, 4) is 34.6 Å². The quantitative estimate of drug-likeness (QED) is 0.511. The molecule has 3 aromatic rings. The highest BCUT2D eigenvalue weighted by Gasteiger charge is 2.11. The Kier molecular flexibility index (Phi) is 6.30. The Balaban J connectivity index is 1.92. The molecule has 2 aromatic carbocycles. The van der Waals surface area contributed by atoms with Crippen molar-refractivity contribution in [1.82, 2.24) is 4.98 Å². The van der Waals surface area contributed by atoms with Crippen molar-refractivity contribution in [2.75, 3.05) is 20.8 Å². The van der Waals surface area contributed by atoms with Crippen molar-refractivity contribution in [1.29, 1.82) is 5.26 Å². The van der Waals surface area contributed by atoms with Gasteiger partial charge in [-0.1, -0.05) is 0 Å². The van der Waals surface area contributed by atoms with E-state index in [0.29, 0.717) is 28.7 Å². The average molecular weight is 392 g/mol. The predicted molar refractivity (Wildman–Crippen MR) is 112 cm³/mol. The third-order valence-electron chi connectivity index (χ3n) is 4.05. The number of benzene rings is 2. The first kappa shape index (κ1) is 19.5. The van der Waals surface area contributed by atoms with E-state index < -0.39 is 0 Å². The van der Waals surface area contributed by atoms with Crippen molar-refractivity contribution in [3.63, 3.8) is 0 Å². The molecule has 0 aliphatic rings. The molecule has 0 spiro atoms. The van der Waals surface area contributed by atoms with Crippen LogP contribution in [0.25, 0.3) is 22.9 Å². The zero-order chi connectivity index (χ0) is 19.9. The highest BCUT2D eigenvalue weighted by Crippen LogP contribution is 2.31. The zero-order valence-corrected chi connectivity index (χ0v) is 16.7. The molecule has 0 radical (unpaired) electrons. The second-order valence-corrected chi connectivity index (χ2v) is 6.63. The first-order valence-corrected chi connectivity index (χ1v) is 9.59. The molecule has 0 fully saturated rings. The van der Waals surface area contributed by atoms with Crippen LogP contribution >= 0.6 is 11.3 Å². The smallest absolute Gasteiger partial charge is 0.134 e. The van der Waals surface area contributed by atoms with Crippen LogP contribution in [0.2, 0.25) is 0 Å². The third kappa shape index (κ3) is 4.33. The summed E-state index contributed by atoms with van der Waals surface area (Å²) in [5.41, 5.74) is 3.02. The molecule has 1 heterocycles. The van der Waals surface area contributed by atoms with Gasteiger partial charge >= 0.3 is 0 Å². The number of hydrogen-bond donors (Lipinski definition) is 0. The van der Waals surface area contributed by atoms with E-state index in [0.717, 1.165) is 22.6 Å². The minimum absolute atomic E-state index is 0.466. The number of ether oxygens (including phenoxy) is 3. The number of methoxy groups -OCH3 is 2. The summed E-state index contributed by atoms with van der Waals surface area (Å²) in [7, 11) is 3.20. The maximum absolute atomic E-state index is 9.67. The van der Waals surface area contributed by atoms with Crippen molar-refractivity contribution >= 4 is 23.0 Å². The summed E-state index contributed by atoms with van der Waals surface area (Å²) in [6.07, 6.45) is 1.77. The fraction of sp³-hybridized carbons (Fsp3) is 0.182. The lowest BCUT2D eigenvalue weighted by molar-refractivity contribution is 0.340. The summed E-state index contributed by atoms with van der Waals surface area (Å²) >= 11 is 1.43. The number of nitrogens with zero attached hydrogens (tertiary/aromatic N) is 2. The van der Waals surface area contributed by atoms with Crippen LogP contribution in [0.4, 0.5) is 0 Å². The first-order valence-electron chi connectivity index (χ1n) is 8.71. The highest BCUT2D eigenvalue weighted by molar-refractivity contribution is 7.11. The molecule has 3 rings (SSSR count). The van der Waals surface area contributed by atoms with Crippen LogP contribution in [0.3, 0.4) is 0 Å². The molecule has 0 saturated heterocycles. The van der Waals surface area contributed by atoms with Gasteiger partial charge in [-0.3, -0.25) is 0 Å². The molecule has 142 valence electrons. The molecule has 0 amide bonds. The Morgan fingerprint density at radius 2 is 1.86 bits per heavy atom. The van der Waals surface area contributed by atoms with Crippen LogP contribution in [0.1, 0.15) is 17.5 Å². The van der Waals surface area contributed by atoms with Crippen LogP contribution < -0.4 is 14.2 Å². The second-order valence-electron chi connectivity index (χ2n) is 5.77. The fourth-order valence-corrected chi connectivity index (χ4v) is 3.46. The van der Waals surface area contributed by atoms with Crippen LogP contribution in [-0.2, 0) is 0 Å². The maximum Gasteiger partial charge on any atom is 0.134 e. The van der Waals surface area contributed by atoms with Crippen LogP contribution in [0, 0.1) is 11.3 Å². The molecule has 0 bridgehead atoms. The van der Waals surface area contributed by atoms with Gasteiger partial charge in [-0.15, -0.1) is 11.3 Å². The summed E-state index contributed by atoms with van der Waals surface area (Å²) in [5.74, 6) is 2.18. The predicted octanol–water partition coefficient (Wildman–Crippen LogP) is 5.29. The van der Waals surface area contributed by atoms with Crippen molar-refractivity contribution in [2.24, 2.45) is 0 Å². The molecular weight excluding hydrogens is 372 g/mol. The SMILES string of the molecule is CCOc1ccc(-c2csc(C(C#N)=Cc3cc(OC)ccc3OC)n2)cc1. The van der Waals surface area contributed by atoms with Crippen LogP contribution in [0.15, 0.2) is 47.8 Å². The van der Waals surface area contributed by atoms with Gasteiger partial charge in [-0.25, -0.2) is 4.98 Å². The van der Waals surface area contributed by atoms with Crippen molar-refractivity contribution < 1.29 is 14.2 Å². The molecule has 0 aliphatic heterocycles. The van der Waals surface area contributed by atoms with E-state index in [-0.39, 0.29) is 0 Å². The fourth-order valence-electron chi connectivity index (χ4n) is 2.67. The van der Waals surface area contributed by atoms with E-state index in [1.807, 2.05) is 54.8 Å². The van der Waals surface area contributed by atoms with Gasteiger partial charge in [-0.2, -0.15) is 5.26 Å². The molecule has 28 heavy (non-hydrogen) atoms. The zero-order valence-electron chi connectivity index (χ0n) is 15.9. The number of nitriles is 1. The molecule has 0 N–H and O–H groups in total. The van der Waals surface area contributed by atoms with E-state index in [1.165, 1.54) is 11.3 Å². The van der Waals surface area contributed by atoms with E-state index >= 15 is 0 Å². The molecule has 0 saturated carbocycles. The molecule has 0 atom stereocenters. The molecule has 0 unspecified atom stereocenters. The molecule has 0 aliphatic carbocycles. The van der Waals surface area contributed by atoms with Gasteiger partial charge in [-0.05, 0) is 55.5 Å². The van der Waals surface area contributed by atoms with Crippen molar-refractivity contribution in [2.45, 2.75) is 6.92 Å². The summed E-state index contributed by atoms with van der Waals surface area (Å²) < 4.78 is 16.1. The Labute approximate surface area is 168 Å². The van der Waals surface area contributed by atoms with Crippen LogP contribution in [0.5, 0.6) is 17.2 Å². The number of thiazole rings is 1. The van der Waals surface area contributed by atoms with E-state index in [1.54, 1.807) is 20.3 Å². The number of rotatable bonds is 7. The molecular formula is C22H20N2O3S. The van der Waals surface area contributed by atoms with E-state index in [9.17, 15) is 5.26 Å². The third-order valence-corrected chi connectivity index (χ3v) is 4.93. The van der Waals surface area contributed by atoms with Gasteiger partial charge in [0.2, 0.25) is 0 Å². The van der Waals surface area contributed by atoms with Crippen LogP contribution in [-0.4, -0.2) is 25.8 Å². The lowest BCUT2D eigenvalue weighted by Crippen LogP contribution is -1.91. The van der Waals surface area contributed by atoms with Gasteiger partial charge in [0.15, 0.2) is 0 Å². The largest absolute Gasteiger partial charge is 0.497 e. The minimum atomic E-state index is 0.466. The normalized spacial score (nSPS) is 11.0. The van der Waals surface area contributed by atoms with E-state index in [2.05, 4.69) is 11.1 Å². The summed E-state index contributed by atoms with van der Waals surface area (Å²) in [6.45, 7) is 2.58. The van der Waals surface area contributed by atoms with Gasteiger partial charge in [0, 0.05) is 16.5 Å². The monoisotopic (exact) mass is 392 g/mol. The minimum Gasteiger partial charge on any atom is -0.497 e. The van der Waals surface area contributed by atoms with Gasteiger partial charge in [0.05, 0.1) is 32.1 Å². The van der Waals surface area contributed by atoms with E-state index in [4.69, 9.17) is 14.2 Å². The second kappa shape index (κ2) is 9.07. The lowest BCUT2D eigenvalue weighted by atomic mass is 10.1. The van der Waals surface area contributed by atoms with Crippen molar-refractivity contribution in [3.05, 3.63) is 58.4 Å². The topological polar surface area (TPSA) is 64.4 Å². The number of aromatic nitrogens is 1. The lowest BCUT2D eigenvalue weighted by Gasteiger charge is -2.07. The summed E-state index contributed by atoms with van der Waals surface area (Å²) in [5, 5.41) is 12.3. The number of allylic oxidation sites excluding steroid dienone is 1. The Hall–Kier alpha value is -3.30. The van der Waals surface area contributed by atoms with Gasteiger partial charge in [0.1, 0.15) is 28.3 Å². The molecule has 5 nitrogen and oxygen atoms in total. The summed E-state index contributed by atoms with van der Waals surface area (Å²) in [4.78, 5) is 4.64. The molecule has 1 aromatic heterocycles. The Morgan fingerprint density at radius 3 is 2.50 bits per heavy atom. The first-order chi connectivity index (χ1) is 13.7. The number of hydrogen-bond acceptors (Lipinski definition) is 6. The Bertz CT molecular complexity index is 1020. The van der Waals surface area contributed by atoms with Gasteiger partial charge < -0.3 is 14.2 Å².